The first-order chi connectivity index (χ1) is 6.66. The molecule has 14 heavy (non-hydrogen) atoms. The summed E-state index contributed by atoms with van der Waals surface area (Å²) in [4.78, 5) is 4.14. The van der Waals surface area contributed by atoms with Gasteiger partial charge in [0.05, 0.1) is 12.1 Å². The van der Waals surface area contributed by atoms with E-state index in [1.165, 1.54) is 0 Å². The van der Waals surface area contributed by atoms with E-state index in [-0.39, 0.29) is 0 Å². The van der Waals surface area contributed by atoms with E-state index in [9.17, 15) is 5.11 Å². The van der Waals surface area contributed by atoms with E-state index in [4.69, 9.17) is 5.73 Å². The molecule has 82 valence electrons. The van der Waals surface area contributed by atoms with E-state index in [0.717, 1.165) is 30.9 Å². The highest BCUT2D eigenvalue weighted by Gasteiger charge is 2.31. The van der Waals surface area contributed by atoms with Gasteiger partial charge in [0.2, 0.25) is 0 Å². The average Bonchev–Trinajstić information content (AvgIpc) is 2.60. The highest BCUT2D eigenvalue weighted by molar-refractivity contribution is 7.99. The summed E-state index contributed by atoms with van der Waals surface area (Å²) in [6, 6.07) is 0. The number of nitrogens with zero attached hydrogens (tertiary/aromatic N) is 1. The molecule has 0 aromatic rings. The average molecular weight is 217 g/mol. The van der Waals surface area contributed by atoms with Crippen LogP contribution in [0, 0.1) is 0 Å². The first-order valence-corrected chi connectivity index (χ1v) is 6.16. The zero-order valence-corrected chi connectivity index (χ0v) is 9.44. The third kappa shape index (κ3) is 3.75. The van der Waals surface area contributed by atoms with Crippen molar-refractivity contribution in [3.05, 3.63) is 0 Å². The second-order valence-corrected chi connectivity index (χ2v) is 4.76. The van der Waals surface area contributed by atoms with Crippen LogP contribution in [0.25, 0.3) is 0 Å². The van der Waals surface area contributed by atoms with Crippen molar-refractivity contribution in [2.24, 2.45) is 10.7 Å². The lowest BCUT2D eigenvalue weighted by Gasteiger charge is -2.18. The lowest BCUT2D eigenvalue weighted by Crippen LogP contribution is -2.37. The zero-order valence-electron chi connectivity index (χ0n) is 8.62. The van der Waals surface area contributed by atoms with E-state index in [1.807, 2.05) is 0 Å². The number of nitrogens with two attached hydrogens (primary N) is 1. The second kappa shape index (κ2) is 5.46. The summed E-state index contributed by atoms with van der Waals surface area (Å²) in [7, 11) is 0. The highest BCUT2D eigenvalue weighted by Crippen LogP contribution is 2.27. The van der Waals surface area contributed by atoms with Crippen LogP contribution in [0.2, 0.25) is 0 Å². The summed E-state index contributed by atoms with van der Waals surface area (Å²) in [5.41, 5.74) is 5.00. The van der Waals surface area contributed by atoms with Crippen LogP contribution in [-0.2, 0) is 0 Å². The summed E-state index contributed by atoms with van der Waals surface area (Å²) in [5, 5.41) is 12.9. The Labute approximate surface area is 89.4 Å². The summed E-state index contributed by atoms with van der Waals surface area (Å²) < 4.78 is 0. The maximum Gasteiger partial charge on any atom is 0.188 e. The molecule has 1 aliphatic heterocycles. The Morgan fingerprint density at radius 2 is 2.50 bits per heavy atom. The Hall–Kier alpha value is -0.420. The summed E-state index contributed by atoms with van der Waals surface area (Å²) in [6.07, 6.45) is 1.85. The molecule has 0 spiro atoms. The van der Waals surface area contributed by atoms with Crippen molar-refractivity contribution in [2.75, 3.05) is 24.6 Å². The Morgan fingerprint density at radius 3 is 3.07 bits per heavy atom. The lowest BCUT2D eigenvalue weighted by atomic mass is 10.1. The van der Waals surface area contributed by atoms with Crippen molar-refractivity contribution in [3.8, 4) is 0 Å². The second-order valence-electron chi connectivity index (χ2n) is 3.66. The van der Waals surface area contributed by atoms with Gasteiger partial charge in [0, 0.05) is 12.3 Å². The van der Waals surface area contributed by atoms with Crippen molar-refractivity contribution in [1.82, 2.24) is 5.32 Å². The van der Waals surface area contributed by atoms with Crippen LogP contribution >= 0.6 is 11.8 Å². The molecule has 0 saturated carbocycles. The molecule has 1 fully saturated rings. The maximum atomic E-state index is 9.95. The first-order valence-electron chi connectivity index (χ1n) is 5.00. The van der Waals surface area contributed by atoms with E-state index in [0.29, 0.717) is 12.5 Å². The molecule has 4 nitrogen and oxygen atoms in total. The lowest BCUT2D eigenvalue weighted by molar-refractivity contribution is 0.0779. The van der Waals surface area contributed by atoms with Gasteiger partial charge in [-0.3, -0.25) is 4.99 Å². The van der Waals surface area contributed by atoms with Crippen LogP contribution in [0.1, 0.15) is 19.8 Å². The van der Waals surface area contributed by atoms with Crippen molar-refractivity contribution in [1.29, 1.82) is 0 Å². The zero-order chi connectivity index (χ0) is 10.4. The minimum absolute atomic E-state index is 0.419. The SMILES string of the molecule is CCCNC(N)=NCC1(O)CCSC1. The number of aliphatic hydroxyl groups is 1. The van der Waals surface area contributed by atoms with E-state index in [2.05, 4.69) is 17.2 Å². The van der Waals surface area contributed by atoms with Gasteiger partial charge < -0.3 is 16.2 Å². The number of nitrogens with one attached hydrogen (secondary N) is 1. The molecule has 1 unspecified atom stereocenters. The molecule has 0 aliphatic carbocycles. The van der Waals surface area contributed by atoms with Crippen LogP contribution in [0.15, 0.2) is 4.99 Å². The molecular formula is C9H19N3OS. The minimum atomic E-state index is -0.622. The van der Waals surface area contributed by atoms with Crippen LogP contribution in [-0.4, -0.2) is 41.3 Å². The van der Waals surface area contributed by atoms with Gasteiger partial charge in [-0.25, -0.2) is 0 Å². The Balaban J connectivity index is 2.29. The summed E-state index contributed by atoms with van der Waals surface area (Å²) in [5.74, 6) is 2.24. The Bertz CT molecular complexity index is 202. The Morgan fingerprint density at radius 1 is 1.71 bits per heavy atom. The van der Waals surface area contributed by atoms with E-state index in [1.54, 1.807) is 11.8 Å². The highest BCUT2D eigenvalue weighted by atomic mass is 32.2. The van der Waals surface area contributed by atoms with Crippen molar-refractivity contribution in [3.63, 3.8) is 0 Å². The molecule has 4 N–H and O–H groups in total. The van der Waals surface area contributed by atoms with Crippen LogP contribution in [0.3, 0.4) is 0 Å². The van der Waals surface area contributed by atoms with Crippen molar-refractivity contribution >= 4 is 17.7 Å². The van der Waals surface area contributed by atoms with Crippen molar-refractivity contribution in [2.45, 2.75) is 25.4 Å². The maximum absolute atomic E-state index is 9.95. The van der Waals surface area contributed by atoms with Crippen molar-refractivity contribution < 1.29 is 5.11 Å². The largest absolute Gasteiger partial charge is 0.387 e. The molecule has 5 heteroatoms. The van der Waals surface area contributed by atoms with Gasteiger partial charge in [0.1, 0.15) is 0 Å². The minimum Gasteiger partial charge on any atom is -0.387 e. The van der Waals surface area contributed by atoms with Crippen LogP contribution in [0.4, 0.5) is 0 Å². The molecule has 1 heterocycles. The van der Waals surface area contributed by atoms with Gasteiger partial charge >= 0.3 is 0 Å². The predicted octanol–water partition coefficient (Wildman–Crippen LogP) is 0.169. The Kier molecular flexibility index (Phi) is 4.54. The van der Waals surface area contributed by atoms with E-state index >= 15 is 0 Å². The summed E-state index contributed by atoms with van der Waals surface area (Å²) in [6.45, 7) is 3.33. The molecule has 0 bridgehead atoms. The van der Waals surface area contributed by atoms with Gasteiger partial charge in [0.15, 0.2) is 5.96 Å². The molecule has 1 rings (SSSR count). The molecule has 0 aromatic heterocycles. The smallest absolute Gasteiger partial charge is 0.188 e. The van der Waals surface area contributed by atoms with Crippen LogP contribution < -0.4 is 11.1 Å². The van der Waals surface area contributed by atoms with Gasteiger partial charge in [-0.2, -0.15) is 11.8 Å². The third-order valence-corrected chi connectivity index (χ3v) is 3.42. The molecule has 0 amide bonds. The molecule has 0 radical (unpaired) electrons. The summed E-state index contributed by atoms with van der Waals surface area (Å²) >= 11 is 1.77. The fourth-order valence-electron chi connectivity index (χ4n) is 1.26. The normalized spacial score (nSPS) is 28.0. The van der Waals surface area contributed by atoms with Crippen LogP contribution in [0.5, 0.6) is 0 Å². The van der Waals surface area contributed by atoms with Gasteiger partial charge in [-0.1, -0.05) is 6.92 Å². The van der Waals surface area contributed by atoms with Gasteiger partial charge in [0.25, 0.3) is 0 Å². The molecule has 1 saturated heterocycles. The molecule has 1 atom stereocenters. The molecule has 1 aliphatic rings. The first kappa shape index (κ1) is 11.7. The molecular weight excluding hydrogens is 198 g/mol. The number of rotatable bonds is 4. The topological polar surface area (TPSA) is 70.6 Å². The number of thioether (sulfide) groups is 1. The van der Waals surface area contributed by atoms with Gasteiger partial charge in [-0.05, 0) is 18.6 Å². The third-order valence-electron chi connectivity index (χ3n) is 2.18. The number of aliphatic imine (C=N–C) groups is 1. The predicted molar refractivity (Wildman–Crippen MR) is 61.7 cm³/mol. The monoisotopic (exact) mass is 217 g/mol. The fraction of sp³-hybridized carbons (Fsp3) is 0.889. The number of hydrogen-bond donors (Lipinski definition) is 3. The van der Waals surface area contributed by atoms with Gasteiger partial charge in [-0.15, -0.1) is 0 Å². The number of hydrogen-bond acceptors (Lipinski definition) is 3. The van der Waals surface area contributed by atoms with E-state index < -0.39 is 5.60 Å². The molecule has 0 aromatic carbocycles. The quantitative estimate of drug-likeness (QED) is 0.464. The standard InChI is InChI=1S/C9H19N3OS/c1-2-4-11-8(10)12-6-9(13)3-5-14-7-9/h13H,2-7H2,1H3,(H3,10,11,12). The fourth-order valence-corrected chi connectivity index (χ4v) is 2.55. The number of guanidine groups is 1.